The molecule has 0 fully saturated rings. The van der Waals surface area contributed by atoms with Crippen LogP contribution in [0.5, 0.6) is 0 Å². The summed E-state index contributed by atoms with van der Waals surface area (Å²) in [4.78, 5) is 25.9. The maximum absolute atomic E-state index is 12.9. The van der Waals surface area contributed by atoms with Gasteiger partial charge in [-0.1, -0.05) is 165 Å². The molecule has 0 atom stereocenters. The van der Waals surface area contributed by atoms with Gasteiger partial charge in [-0.15, -0.1) is 0 Å². The van der Waals surface area contributed by atoms with E-state index < -0.39 is 11.9 Å². The van der Waals surface area contributed by atoms with E-state index in [1.165, 1.54) is 10.6 Å². The van der Waals surface area contributed by atoms with E-state index in [9.17, 15) is 9.59 Å². The molecular formula is C40H33O3P. The van der Waals surface area contributed by atoms with Crippen molar-refractivity contribution in [3.8, 4) is 22.3 Å². The Morgan fingerprint density at radius 1 is 0.432 bits per heavy atom. The Bertz CT molecular complexity index is 1690. The van der Waals surface area contributed by atoms with E-state index in [1.807, 2.05) is 86.6 Å². The van der Waals surface area contributed by atoms with Gasteiger partial charge in [0.1, 0.15) is 0 Å². The van der Waals surface area contributed by atoms with E-state index in [1.54, 1.807) is 24.3 Å². The summed E-state index contributed by atoms with van der Waals surface area (Å²) in [6.07, 6.45) is 0. The lowest BCUT2D eigenvalue weighted by molar-refractivity contribution is 0.0399. The van der Waals surface area contributed by atoms with Crippen LogP contribution in [0.1, 0.15) is 31.8 Å². The lowest BCUT2D eigenvalue weighted by Gasteiger charge is -2.11. The van der Waals surface area contributed by atoms with Gasteiger partial charge < -0.3 is 4.74 Å². The fourth-order valence-electron chi connectivity index (χ4n) is 4.70. The number of carbonyl (C=O) groups is 2. The number of benzene rings is 6. The molecule has 0 heterocycles. The van der Waals surface area contributed by atoms with Crippen LogP contribution in [0, 0.1) is 13.8 Å². The summed E-state index contributed by atoms with van der Waals surface area (Å²) in [6, 6.07) is 51.2. The maximum atomic E-state index is 12.9. The number of rotatable bonds is 6. The number of carbonyl (C=O) groups excluding carboxylic acids is 2. The Morgan fingerprint density at radius 2 is 0.773 bits per heavy atom. The van der Waals surface area contributed by atoms with E-state index in [2.05, 4.69) is 60.7 Å². The highest BCUT2D eigenvalue weighted by atomic mass is 31.1. The fraction of sp³-hybridized carbons (Fsp3) is 0.0500. The molecule has 0 saturated carbocycles. The minimum absolute atomic E-state index is 0.354. The smallest absolute Gasteiger partial charge is 0.346 e. The standard InChI is InChI=1S/C28H22O3.C12H11P/c1-19-11-15-21(16-12-19)23-7-3-5-9-25(23)27(29)31-28(30)26-10-6-4-8-24(26)22-17-13-20(2)14-18-22;1-3-7-11(8-4-1)13-12-9-5-2-6-10-12/h3-18H,1-2H3;1-10,13H. The van der Waals surface area contributed by atoms with Crippen molar-refractivity contribution in [2.24, 2.45) is 0 Å². The SMILES string of the molecule is Cc1ccc(-c2ccccc2C(=O)OC(=O)c2ccccc2-c2ccc(C)cc2)cc1.c1ccc(Pc2ccccc2)cc1. The second-order valence-corrected chi connectivity index (χ2v) is 11.8. The maximum Gasteiger partial charge on any atom is 0.346 e. The number of hydrogen-bond donors (Lipinski definition) is 0. The third kappa shape index (κ3) is 8.04. The van der Waals surface area contributed by atoms with Crippen molar-refractivity contribution in [2.75, 3.05) is 0 Å². The van der Waals surface area contributed by atoms with Crippen LogP contribution in [0.3, 0.4) is 0 Å². The first-order valence-corrected chi connectivity index (χ1v) is 15.4. The minimum atomic E-state index is -0.667. The van der Waals surface area contributed by atoms with Gasteiger partial charge in [-0.25, -0.2) is 9.59 Å². The third-order valence-electron chi connectivity index (χ3n) is 7.04. The van der Waals surface area contributed by atoms with E-state index >= 15 is 0 Å². The molecule has 6 aromatic rings. The summed E-state index contributed by atoms with van der Waals surface area (Å²) in [5.74, 6) is -1.33. The summed E-state index contributed by atoms with van der Waals surface area (Å²) >= 11 is 0. The number of aryl methyl sites for hydroxylation is 2. The topological polar surface area (TPSA) is 43.4 Å². The van der Waals surface area contributed by atoms with Crippen molar-refractivity contribution in [1.29, 1.82) is 0 Å². The van der Waals surface area contributed by atoms with Crippen LogP contribution in [0.2, 0.25) is 0 Å². The predicted molar refractivity (Wildman–Crippen MR) is 183 cm³/mol. The molecule has 0 aliphatic carbocycles. The molecule has 0 saturated heterocycles. The summed E-state index contributed by atoms with van der Waals surface area (Å²) in [5.41, 5.74) is 6.22. The first-order valence-electron chi connectivity index (χ1n) is 14.4. The Labute approximate surface area is 261 Å². The van der Waals surface area contributed by atoms with Crippen molar-refractivity contribution in [1.82, 2.24) is 0 Å². The molecule has 0 amide bonds. The van der Waals surface area contributed by atoms with Gasteiger partial charge in [0.15, 0.2) is 0 Å². The van der Waals surface area contributed by atoms with Crippen LogP contribution >= 0.6 is 8.58 Å². The molecule has 0 aliphatic heterocycles. The molecule has 0 aliphatic rings. The van der Waals surface area contributed by atoms with Crippen LogP contribution in [-0.4, -0.2) is 11.9 Å². The Balaban J connectivity index is 0.000000245. The minimum Gasteiger partial charge on any atom is -0.386 e. The highest BCUT2D eigenvalue weighted by Crippen LogP contribution is 2.27. The normalized spacial score (nSPS) is 10.3. The molecule has 0 N–H and O–H groups in total. The van der Waals surface area contributed by atoms with Crippen LogP contribution in [0.4, 0.5) is 0 Å². The molecule has 0 spiro atoms. The van der Waals surface area contributed by atoms with Gasteiger partial charge in [0.25, 0.3) is 0 Å². The molecule has 44 heavy (non-hydrogen) atoms. The van der Waals surface area contributed by atoms with Gasteiger partial charge in [0.05, 0.1) is 11.1 Å². The van der Waals surface area contributed by atoms with E-state index in [0.29, 0.717) is 11.1 Å². The van der Waals surface area contributed by atoms with E-state index in [4.69, 9.17) is 4.74 Å². The molecule has 216 valence electrons. The zero-order valence-electron chi connectivity index (χ0n) is 24.7. The van der Waals surface area contributed by atoms with Crippen LogP contribution in [0.25, 0.3) is 22.3 Å². The molecule has 0 unspecified atom stereocenters. The Morgan fingerprint density at radius 3 is 1.16 bits per heavy atom. The molecule has 0 radical (unpaired) electrons. The summed E-state index contributed by atoms with van der Waals surface area (Å²) < 4.78 is 5.32. The van der Waals surface area contributed by atoms with Crippen molar-refractivity contribution in [2.45, 2.75) is 13.8 Å². The summed E-state index contributed by atoms with van der Waals surface area (Å²) in [5, 5.41) is 2.79. The number of ether oxygens (including phenoxy) is 1. The highest BCUT2D eigenvalue weighted by Gasteiger charge is 2.21. The second-order valence-electron chi connectivity index (χ2n) is 10.4. The van der Waals surface area contributed by atoms with Crippen molar-refractivity contribution in [3.63, 3.8) is 0 Å². The molecule has 0 aromatic heterocycles. The monoisotopic (exact) mass is 592 g/mol. The van der Waals surface area contributed by atoms with Gasteiger partial charge in [0, 0.05) is 0 Å². The second kappa shape index (κ2) is 14.9. The Hall–Kier alpha value is -5.11. The van der Waals surface area contributed by atoms with Gasteiger partial charge in [-0.05, 0) is 58.8 Å². The molecule has 4 heteroatoms. The van der Waals surface area contributed by atoms with Crippen molar-refractivity contribution < 1.29 is 14.3 Å². The van der Waals surface area contributed by atoms with Gasteiger partial charge in [0.2, 0.25) is 0 Å². The predicted octanol–water partition coefficient (Wildman–Crippen LogP) is 8.95. The molecule has 6 rings (SSSR count). The van der Waals surface area contributed by atoms with Gasteiger partial charge in [-0.3, -0.25) is 0 Å². The quantitative estimate of drug-likeness (QED) is 0.110. The summed E-state index contributed by atoms with van der Waals surface area (Å²) in [6.45, 7) is 4.02. The number of hydrogen-bond acceptors (Lipinski definition) is 3. The first kappa shape index (κ1) is 30.4. The van der Waals surface area contributed by atoms with E-state index in [0.717, 1.165) is 42.0 Å². The van der Waals surface area contributed by atoms with Crippen molar-refractivity contribution >= 4 is 31.1 Å². The van der Waals surface area contributed by atoms with Gasteiger partial charge >= 0.3 is 11.9 Å². The van der Waals surface area contributed by atoms with Gasteiger partial charge in [-0.2, -0.15) is 0 Å². The molecule has 0 bridgehead atoms. The average Bonchev–Trinajstić information content (AvgIpc) is 3.07. The largest absolute Gasteiger partial charge is 0.386 e. The third-order valence-corrected chi connectivity index (χ3v) is 8.28. The van der Waals surface area contributed by atoms with Crippen molar-refractivity contribution in [3.05, 3.63) is 180 Å². The average molecular weight is 593 g/mol. The first-order chi connectivity index (χ1) is 21.5. The lowest BCUT2D eigenvalue weighted by Crippen LogP contribution is -2.14. The fourth-order valence-corrected chi connectivity index (χ4v) is 5.75. The zero-order valence-corrected chi connectivity index (χ0v) is 25.7. The molecule has 3 nitrogen and oxygen atoms in total. The lowest BCUT2D eigenvalue weighted by atomic mass is 9.98. The molecule has 6 aromatic carbocycles. The summed E-state index contributed by atoms with van der Waals surface area (Å²) in [7, 11) is 0.777. The number of esters is 2. The van der Waals surface area contributed by atoms with Crippen LogP contribution in [0.15, 0.2) is 158 Å². The van der Waals surface area contributed by atoms with Crippen LogP contribution in [-0.2, 0) is 4.74 Å². The molecular weight excluding hydrogens is 559 g/mol. The zero-order chi connectivity index (χ0) is 30.7. The Kier molecular flexibility index (Phi) is 10.3. The van der Waals surface area contributed by atoms with E-state index in [-0.39, 0.29) is 0 Å². The van der Waals surface area contributed by atoms with Crippen LogP contribution < -0.4 is 10.6 Å². The highest BCUT2D eigenvalue weighted by molar-refractivity contribution is 7.55.